The molecule has 0 fully saturated rings. The quantitative estimate of drug-likeness (QED) is 0.782. The molecule has 0 atom stereocenters. The maximum Gasteiger partial charge on any atom is 0.213 e. The van der Waals surface area contributed by atoms with Crippen molar-refractivity contribution in [3.63, 3.8) is 0 Å². The molecule has 7 heteroatoms. The van der Waals surface area contributed by atoms with Gasteiger partial charge in [0.2, 0.25) is 10.0 Å². The second kappa shape index (κ2) is 5.60. The van der Waals surface area contributed by atoms with Crippen molar-refractivity contribution in [3.05, 3.63) is 46.2 Å². The van der Waals surface area contributed by atoms with Crippen LogP contribution in [0.3, 0.4) is 0 Å². The summed E-state index contributed by atoms with van der Waals surface area (Å²) in [6, 6.07) is 9.00. The normalized spacial score (nSPS) is 11.4. The van der Waals surface area contributed by atoms with Gasteiger partial charge >= 0.3 is 0 Å². The zero-order valence-electron chi connectivity index (χ0n) is 10.2. The van der Waals surface area contributed by atoms with Crippen molar-refractivity contribution in [2.75, 3.05) is 11.1 Å². The topological polar surface area (TPSA) is 98.2 Å². The van der Waals surface area contributed by atoms with Gasteiger partial charge in [-0.25, -0.2) is 13.6 Å². The molecule has 0 aliphatic rings. The Labute approximate surface area is 116 Å². The minimum absolute atomic E-state index is 0.148. The third kappa shape index (κ3) is 4.23. The number of hydrogen-bond acceptors (Lipinski definition) is 5. The van der Waals surface area contributed by atoms with Crippen molar-refractivity contribution in [2.24, 2.45) is 5.14 Å². The smallest absolute Gasteiger partial charge is 0.213 e. The molecular weight excluding hydrogens is 282 g/mol. The van der Waals surface area contributed by atoms with Crippen LogP contribution in [-0.4, -0.2) is 8.42 Å². The minimum Gasteiger partial charge on any atom is -0.398 e. The SMILES string of the molecule is Nc1ccsc1CNc1ccc(CS(N)(=O)=O)cc1. The standard InChI is InChI=1S/C12H15N3O2S2/c13-11-5-6-18-12(11)7-15-10-3-1-9(2-4-10)8-19(14,16)17/h1-6,15H,7-8,13H2,(H2,14,16,17). The zero-order chi connectivity index (χ0) is 13.9. The fourth-order valence-electron chi connectivity index (χ4n) is 1.63. The number of nitrogens with two attached hydrogens (primary N) is 2. The minimum atomic E-state index is -3.48. The Balaban J connectivity index is 1.97. The molecule has 5 N–H and O–H groups in total. The Hall–Kier alpha value is -1.57. The Bertz CT molecular complexity index is 648. The van der Waals surface area contributed by atoms with Crippen LogP contribution in [0, 0.1) is 0 Å². The molecule has 0 bridgehead atoms. The summed E-state index contributed by atoms with van der Waals surface area (Å²) in [6.07, 6.45) is 0. The molecule has 2 aromatic rings. The van der Waals surface area contributed by atoms with E-state index in [1.165, 1.54) is 0 Å². The number of thiophene rings is 1. The fourth-order valence-corrected chi connectivity index (χ4v) is 3.02. The van der Waals surface area contributed by atoms with Crippen molar-refractivity contribution < 1.29 is 8.42 Å². The first-order valence-corrected chi connectivity index (χ1v) is 8.19. The van der Waals surface area contributed by atoms with Crippen LogP contribution in [0.1, 0.15) is 10.4 Å². The average Bonchev–Trinajstić information content (AvgIpc) is 2.72. The molecule has 0 spiro atoms. The summed E-state index contributed by atoms with van der Waals surface area (Å²) in [5.41, 5.74) is 8.15. The van der Waals surface area contributed by atoms with E-state index in [9.17, 15) is 8.42 Å². The summed E-state index contributed by atoms with van der Waals surface area (Å²) >= 11 is 1.60. The van der Waals surface area contributed by atoms with Crippen molar-refractivity contribution in [1.29, 1.82) is 0 Å². The van der Waals surface area contributed by atoms with Crippen LogP contribution in [0.5, 0.6) is 0 Å². The number of rotatable bonds is 5. The van der Waals surface area contributed by atoms with Gasteiger partial charge in [-0.05, 0) is 29.1 Å². The fraction of sp³-hybridized carbons (Fsp3) is 0.167. The number of anilines is 2. The monoisotopic (exact) mass is 297 g/mol. The van der Waals surface area contributed by atoms with Gasteiger partial charge < -0.3 is 11.1 Å². The summed E-state index contributed by atoms with van der Waals surface area (Å²) in [5.74, 6) is -0.148. The van der Waals surface area contributed by atoms with E-state index in [4.69, 9.17) is 10.9 Å². The zero-order valence-corrected chi connectivity index (χ0v) is 11.8. The first-order valence-electron chi connectivity index (χ1n) is 5.59. The van der Waals surface area contributed by atoms with Crippen molar-refractivity contribution >= 4 is 32.7 Å². The van der Waals surface area contributed by atoms with E-state index in [0.29, 0.717) is 12.1 Å². The highest BCUT2D eigenvalue weighted by Crippen LogP contribution is 2.20. The molecule has 19 heavy (non-hydrogen) atoms. The number of sulfonamides is 1. The predicted octanol–water partition coefficient (Wildman–Crippen LogP) is 1.73. The van der Waals surface area contributed by atoms with E-state index in [1.54, 1.807) is 23.5 Å². The maximum atomic E-state index is 11.0. The van der Waals surface area contributed by atoms with Gasteiger partial charge in [0.15, 0.2) is 0 Å². The molecule has 0 aliphatic carbocycles. The summed E-state index contributed by atoms with van der Waals surface area (Å²) in [5, 5.41) is 10.2. The number of benzene rings is 1. The highest BCUT2D eigenvalue weighted by Gasteiger charge is 2.05. The molecule has 102 valence electrons. The van der Waals surface area contributed by atoms with E-state index < -0.39 is 10.0 Å². The van der Waals surface area contributed by atoms with Gasteiger partial charge in [0.25, 0.3) is 0 Å². The van der Waals surface area contributed by atoms with E-state index in [0.717, 1.165) is 16.3 Å². The van der Waals surface area contributed by atoms with Crippen LogP contribution in [0.2, 0.25) is 0 Å². The van der Waals surface area contributed by atoms with Gasteiger partial charge in [-0.1, -0.05) is 12.1 Å². The molecule has 5 nitrogen and oxygen atoms in total. The van der Waals surface area contributed by atoms with Gasteiger partial charge in [-0.2, -0.15) is 0 Å². The van der Waals surface area contributed by atoms with Crippen molar-refractivity contribution in [3.8, 4) is 0 Å². The van der Waals surface area contributed by atoms with Crippen LogP contribution in [0.4, 0.5) is 11.4 Å². The summed E-state index contributed by atoms with van der Waals surface area (Å²) in [7, 11) is -3.48. The van der Waals surface area contributed by atoms with Crippen molar-refractivity contribution in [2.45, 2.75) is 12.3 Å². The summed E-state index contributed by atoms with van der Waals surface area (Å²) in [4.78, 5) is 1.08. The van der Waals surface area contributed by atoms with E-state index >= 15 is 0 Å². The number of primary sulfonamides is 1. The third-order valence-corrected chi connectivity index (χ3v) is 4.23. The van der Waals surface area contributed by atoms with Crippen LogP contribution >= 0.6 is 11.3 Å². The maximum absolute atomic E-state index is 11.0. The molecule has 1 heterocycles. The second-order valence-corrected chi connectivity index (χ2v) is 6.77. The number of nitrogens with one attached hydrogen (secondary N) is 1. The van der Waals surface area contributed by atoms with Gasteiger partial charge in [-0.15, -0.1) is 11.3 Å². The number of nitrogen functional groups attached to an aromatic ring is 1. The lowest BCUT2D eigenvalue weighted by atomic mass is 10.2. The van der Waals surface area contributed by atoms with Crippen LogP contribution < -0.4 is 16.2 Å². The summed E-state index contributed by atoms with van der Waals surface area (Å²) in [6.45, 7) is 0.651. The average molecular weight is 297 g/mol. The van der Waals surface area contributed by atoms with E-state index in [1.807, 2.05) is 23.6 Å². The molecule has 0 radical (unpaired) electrons. The lowest BCUT2D eigenvalue weighted by Gasteiger charge is -2.07. The van der Waals surface area contributed by atoms with Crippen molar-refractivity contribution in [1.82, 2.24) is 0 Å². The Morgan fingerprint density at radius 1 is 1.16 bits per heavy atom. The van der Waals surface area contributed by atoms with Gasteiger partial charge in [0.05, 0.1) is 12.3 Å². The Kier molecular flexibility index (Phi) is 4.08. The van der Waals surface area contributed by atoms with Crippen LogP contribution in [0.15, 0.2) is 35.7 Å². The van der Waals surface area contributed by atoms with Gasteiger partial charge in [-0.3, -0.25) is 0 Å². The lowest BCUT2D eigenvalue weighted by molar-refractivity contribution is 0.597. The Morgan fingerprint density at radius 2 is 1.84 bits per heavy atom. The first kappa shape index (κ1) is 13.9. The third-order valence-electron chi connectivity index (χ3n) is 2.55. The van der Waals surface area contributed by atoms with Crippen LogP contribution in [-0.2, 0) is 22.3 Å². The predicted molar refractivity (Wildman–Crippen MR) is 79.3 cm³/mol. The molecule has 0 aliphatic heterocycles. The molecule has 1 aromatic carbocycles. The largest absolute Gasteiger partial charge is 0.398 e. The Morgan fingerprint density at radius 3 is 2.37 bits per heavy atom. The molecule has 0 amide bonds. The lowest BCUT2D eigenvalue weighted by Crippen LogP contribution is -2.14. The van der Waals surface area contributed by atoms with Gasteiger partial charge in [0, 0.05) is 16.3 Å². The molecule has 0 saturated heterocycles. The van der Waals surface area contributed by atoms with E-state index in [2.05, 4.69) is 5.32 Å². The van der Waals surface area contributed by atoms with Crippen LogP contribution in [0.25, 0.3) is 0 Å². The molecule has 1 aromatic heterocycles. The molecule has 0 unspecified atom stereocenters. The summed E-state index contributed by atoms with van der Waals surface area (Å²) < 4.78 is 21.9. The highest BCUT2D eigenvalue weighted by atomic mass is 32.2. The molecule has 0 saturated carbocycles. The molecule has 2 rings (SSSR count). The molecular formula is C12H15N3O2S2. The van der Waals surface area contributed by atoms with Gasteiger partial charge in [0.1, 0.15) is 0 Å². The van der Waals surface area contributed by atoms with E-state index in [-0.39, 0.29) is 5.75 Å². The number of hydrogen-bond donors (Lipinski definition) is 3. The highest BCUT2D eigenvalue weighted by molar-refractivity contribution is 7.88. The first-order chi connectivity index (χ1) is 8.94. The second-order valence-electron chi connectivity index (χ2n) is 4.16.